The third kappa shape index (κ3) is 8.45. The zero-order valence-electron chi connectivity index (χ0n) is 27.7. The lowest BCUT2D eigenvalue weighted by molar-refractivity contribution is -0.832. The minimum Gasteiger partial charge on any atom is -0.462 e. The van der Waals surface area contributed by atoms with Crippen molar-refractivity contribution in [1.29, 1.82) is 0 Å². The van der Waals surface area contributed by atoms with Gasteiger partial charge in [0.25, 0.3) is 9.84 Å². The number of hydrogen-bond donors (Lipinski definition) is 0. The zero-order valence-corrected chi connectivity index (χ0v) is 29.3. The molecule has 0 spiro atoms. The van der Waals surface area contributed by atoms with Gasteiger partial charge in [-0.2, -0.15) is 13.2 Å². The highest BCUT2D eigenvalue weighted by atomic mass is 32.2. The largest absolute Gasteiger partial charge is 0.462 e. The molecule has 13 nitrogen and oxygen atoms in total. The molecular weight excluding hydrogens is 728 g/mol. The van der Waals surface area contributed by atoms with Crippen molar-refractivity contribution in [1.82, 2.24) is 15.0 Å². The number of halogens is 3. The van der Waals surface area contributed by atoms with Crippen molar-refractivity contribution < 1.29 is 50.2 Å². The summed E-state index contributed by atoms with van der Waals surface area (Å²) in [5.41, 5.74) is 0.723. The highest BCUT2D eigenvalue weighted by Gasteiger charge is 2.36. The summed E-state index contributed by atoms with van der Waals surface area (Å²) in [7, 11) is -4.30. The SMILES string of the molecule is O=C(CCC(=O)N1CCN(CCCN2c3ccccc3Sc3ccc(C(F)(F)F)cc32)CC1)OCCOc1no[n+]([O-])c1S(=O)(=O)c1ccccc1. The summed E-state index contributed by atoms with van der Waals surface area (Å²) in [6.45, 7) is 2.75. The van der Waals surface area contributed by atoms with Crippen LogP contribution in [0.1, 0.15) is 24.8 Å². The first-order valence-corrected chi connectivity index (χ1v) is 18.7. The molecule has 3 heterocycles. The molecule has 0 N–H and O–H groups in total. The highest BCUT2D eigenvalue weighted by Crippen LogP contribution is 2.49. The Bertz CT molecular complexity index is 2010. The second kappa shape index (κ2) is 15.8. The van der Waals surface area contributed by atoms with E-state index >= 15 is 0 Å². The number of nitrogens with zero attached hydrogens (tertiary/aromatic N) is 5. The minimum absolute atomic E-state index is 0.0651. The normalized spacial score (nSPS) is 14.8. The van der Waals surface area contributed by atoms with Crippen molar-refractivity contribution in [3.63, 3.8) is 0 Å². The van der Waals surface area contributed by atoms with Crippen LogP contribution in [0.15, 0.2) is 97.1 Å². The molecule has 18 heteroatoms. The summed E-state index contributed by atoms with van der Waals surface area (Å²) < 4.78 is 81.0. The van der Waals surface area contributed by atoms with Crippen LogP contribution >= 0.6 is 11.8 Å². The molecule has 1 aromatic heterocycles. The highest BCUT2D eigenvalue weighted by molar-refractivity contribution is 7.99. The van der Waals surface area contributed by atoms with Crippen LogP contribution in [0, 0.1) is 5.21 Å². The van der Waals surface area contributed by atoms with Gasteiger partial charge in [-0.25, -0.2) is 8.42 Å². The summed E-state index contributed by atoms with van der Waals surface area (Å²) in [5.74, 6) is -1.44. The van der Waals surface area contributed by atoms with E-state index in [0.717, 1.165) is 21.5 Å². The van der Waals surface area contributed by atoms with Crippen molar-refractivity contribution in [2.24, 2.45) is 0 Å². The van der Waals surface area contributed by atoms with E-state index in [4.69, 9.17) is 9.47 Å². The Kier molecular flexibility index (Phi) is 11.3. The lowest BCUT2D eigenvalue weighted by Gasteiger charge is -2.36. The molecule has 0 radical (unpaired) electrons. The van der Waals surface area contributed by atoms with E-state index in [2.05, 4.69) is 14.7 Å². The molecule has 4 aromatic rings. The van der Waals surface area contributed by atoms with Crippen molar-refractivity contribution in [3.05, 3.63) is 83.6 Å². The number of para-hydroxylation sites is 1. The summed E-state index contributed by atoms with van der Waals surface area (Å²) in [6.07, 6.45) is -4.00. The number of aromatic nitrogens is 2. The Morgan fingerprint density at radius 1 is 0.904 bits per heavy atom. The molecule has 1 saturated heterocycles. The second-order valence-electron chi connectivity index (χ2n) is 11.9. The Morgan fingerprint density at radius 3 is 2.37 bits per heavy atom. The van der Waals surface area contributed by atoms with Crippen molar-refractivity contribution >= 4 is 44.9 Å². The quantitative estimate of drug-likeness (QED) is 0.106. The fraction of sp³-hybridized carbons (Fsp3) is 0.353. The van der Waals surface area contributed by atoms with E-state index in [1.807, 2.05) is 29.2 Å². The maximum Gasteiger partial charge on any atom is 0.416 e. The van der Waals surface area contributed by atoms with E-state index in [1.165, 1.54) is 48.2 Å². The summed E-state index contributed by atoms with van der Waals surface area (Å²) >= 11 is 1.46. The van der Waals surface area contributed by atoms with E-state index in [1.54, 1.807) is 11.0 Å². The number of amides is 1. The Hall–Kier alpha value is -4.81. The number of benzene rings is 3. The van der Waals surface area contributed by atoms with Crippen LogP contribution in [0.2, 0.25) is 0 Å². The first-order valence-electron chi connectivity index (χ1n) is 16.4. The molecule has 0 atom stereocenters. The average molecular weight is 762 g/mol. The van der Waals surface area contributed by atoms with Crippen LogP contribution in [0.5, 0.6) is 5.88 Å². The van der Waals surface area contributed by atoms with Crippen molar-refractivity contribution in [2.75, 3.05) is 57.4 Å². The lowest BCUT2D eigenvalue weighted by atomic mass is 10.1. The molecule has 0 unspecified atom stereocenters. The maximum absolute atomic E-state index is 13.5. The number of piperazine rings is 1. The van der Waals surface area contributed by atoms with Gasteiger partial charge in [0.1, 0.15) is 13.2 Å². The Morgan fingerprint density at radius 2 is 1.62 bits per heavy atom. The van der Waals surface area contributed by atoms with Gasteiger partial charge < -0.3 is 24.5 Å². The number of sulfone groups is 1. The fourth-order valence-corrected chi connectivity index (χ4v) is 8.26. The summed E-state index contributed by atoms with van der Waals surface area (Å²) in [5, 5.41) is 14.5. The maximum atomic E-state index is 13.5. The van der Waals surface area contributed by atoms with Gasteiger partial charge in [-0.3, -0.25) is 19.1 Å². The average Bonchev–Trinajstić information content (AvgIpc) is 3.52. The topological polar surface area (TPSA) is 149 Å². The monoisotopic (exact) mass is 761 g/mol. The van der Waals surface area contributed by atoms with Crippen LogP contribution in [-0.4, -0.2) is 87.7 Å². The second-order valence-corrected chi connectivity index (χ2v) is 14.9. The third-order valence-electron chi connectivity index (χ3n) is 8.52. The van der Waals surface area contributed by atoms with E-state index in [9.17, 15) is 36.4 Å². The molecule has 3 aromatic carbocycles. The van der Waals surface area contributed by atoms with Gasteiger partial charge in [0.15, 0.2) is 0 Å². The predicted octanol–water partition coefficient (Wildman–Crippen LogP) is 4.70. The van der Waals surface area contributed by atoms with Gasteiger partial charge in [-0.05, 0) is 60.3 Å². The predicted molar refractivity (Wildman–Crippen MR) is 180 cm³/mol. The number of carbonyl (C=O) groups is 2. The molecule has 0 saturated carbocycles. The molecule has 1 fully saturated rings. The minimum atomic E-state index is -4.44. The Balaban J connectivity index is 0.912. The number of esters is 1. The van der Waals surface area contributed by atoms with E-state index in [0.29, 0.717) is 51.4 Å². The third-order valence-corrected chi connectivity index (χ3v) is 11.4. The molecule has 0 bridgehead atoms. The van der Waals surface area contributed by atoms with Crippen molar-refractivity contribution in [2.45, 2.75) is 45.2 Å². The van der Waals surface area contributed by atoms with Crippen LogP contribution in [0.4, 0.5) is 24.5 Å². The van der Waals surface area contributed by atoms with Crippen LogP contribution in [0.3, 0.4) is 0 Å². The van der Waals surface area contributed by atoms with Crippen LogP contribution in [0.25, 0.3) is 0 Å². The van der Waals surface area contributed by atoms with Gasteiger partial charge in [0, 0.05) is 48.9 Å². The molecular formula is C34H34F3N5O8S2. The van der Waals surface area contributed by atoms with Gasteiger partial charge >= 0.3 is 23.1 Å². The standard InChI is InChI=1S/C34H34F3N5O8S2/c35-34(36,37)24-11-12-29-27(23-24)41(26-9-4-5-10-28(26)51-29)16-6-15-39-17-19-40(20-18-39)30(43)13-14-31(44)48-21-22-49-32-33(42(45)50-38-32)52(46,47)25-7-2-1-3-8-25/h1-5,7-12,23H,6,13-22H2. The van der Waals surface area contributed by atoms with Gasteiger partial charge in [0.2, 0.25) is 5.91 Å². The van der Waals surface area contributed by atoms with Crippen molar-refractivity contribution in [3.8, 4) is 5.88 Å². The fourth-order valence-electron chi connectivity index (χ4n) is 5.89. The molecule has 276 valence electrons. The smallest absolute Gasteiger partial charge is 0.416 e. The number of anilines is 2. The van der Waals surface area contributed by atoms with Gasteiger partial charge in [-0.15, -0.1) is 0 Å². The number of alkyl halides is 3. The first-order chi connectivity index (χ1) is 24.9. The number of hydrogen-bond acceptors (Lipinski definition) is 12. The Labute approximate surface area is 301 Å². The van der Waals surface area contributed by atoms with E-state index in [-0.39, 0.29) is 41.8 Å². The number of fused-ring (bicyclic) bond motifs is 2. The molecule has 52 heavy (non-hydrogen) atoms. The summed E-state index contributed by atoms with van der Waals surface area (Å²) in [6, 6.07) is 18.7. The zero-order chi connectivity index (χ0) is 36.9. The first kappa shape index (κ1) is 37.0. The van der Waals surface area contributed by atoms with Crippen LogP contribution in [-0.2, 0) is 30.3 Å². The number of ether oxygens (including phenoxy) is 2. The number of carbonyl (C=O) groups excluding carboxylic acids is 2. The van der Waals surface area contributed by atoms with Gasteiger partial charge in [0.05, 0.1) is 33.4 Å². The molecule has 6 rings (SSSR count). The molecule has 0 aliphatic carbocycles. The van der Waals surface area contributed by atoms with Crippen LogP contribution < -0.4 is 14.5 Å². The summed E-state index contributed by atoms with van der Waals surface area (Å²) in [4.78, 5) is 32.2. The number of rotatable bonds is 13. The lowest BCUT2D eigenvalue weighted by Crippen LogP contribution is -2.49. The van der Waals surface area contributed by atoms with Gasteiger partial charge in [-0.1, -0.05) is 42.1 Å². The molecule has 2 aliphatic heterocycles. The molecule has 2 aliphatic rings. The molecule has 1 amide bonds. The van der Waals surface area contributed by atoms with E-state index < -0.39 is 38.5 Å².